The Morgan fingerprint density at radius 1 is 0.692 bits per heavy atom. The fraction of sp³-hybridized carbons (Fsp3) is 0.286. The monoisotopic (exact) mass is 352 g/mol. The minimum atomic E-state index is -0.225. The lowest BCUT2D eigenvalue weighted by molar-refractivity contribution is -0.119. The van der Waals surface area contributed by atoms with Crippen molar-refractivity contribution in [3.8, 4) is 0 Å². The zero-order valence-corrected chi connectivity index (χ0v) is 15.5. The van der Waals surface area contributed by atoms with Crippen LogP contribution in [-0.4, -0.2) is 17.6 Å². The van der Waals surface area contributed by atoms with Gasteiger partial charge < -0.3 is 10.6 Å². The first-order chi connectivity index (χ1) is 12.3. The van der Waals surface area contributed by atoms with Crippen molar-refractivity contribution >= 4 is 29.0 Å². The molecule has 2 aromatic rings. The van der Waals surface area contributed by atoms with Crippen LogP contribution in [0.1, 0.15) is 43.6 Å². The SMILES string of the molecule is CC(C)C(=O)Nc1ccc(C(=O)c2ccccc2)cc1NC(=O)C(C)C. The Bertz CT molecular complexity index is 811. The molecule has 0 atom stereocenters. The third-order valence-corrected chi connectivity index (χ3v) is 3.88. The molecule has 0 aliphatic carbocycles. The summed E-state index contributed by atoms with van der Waals surface area (Å²) in [6, 6.07) is 13.8. The van der Waals surface area contributed by atoms with E-state index in [1.165, 1.54) is 0 Å². The van der Waals surface area contributed by atoms with Crippen LogP contribution in [0.25, 0.3) is 0 Å². The third kappa shape index (κ3) is 4.79. The van der Waals surface area contributed by atoms with E-state index >= 15 is 0 Å². The molecule has 2 N–H and O–H groups in total. The van der Waals surface area contributed by atoms with E-state index in [9.17, 15) is 14.4 Å². The molecule has 2 aromatic carbocycles. The fourth-order valence-corrected chi connectivity index (χ4v) is 2.21. The number of carbonyl (C=O) groups is 3. The third-order valence-electron chi connectivity index (χ3n) is 3.88. The van der Waals surface area contributed by atoms with Gasteiger partial charge in [0, 0.05) is 23.0 Å². The second-order valence-electron chi connectivity index (χ2n) is 6.74. The number of anilines is 2. The molecule has 0 aliphatic heterocycles. The minimum absolute atomic E-state index is 0.146. The Labute approximate surface area is 153 Å². The second-order valence-corrected chi connectivity index (χ2v) is 6.74. The first kappa shape index (κ1) is 19.4. The summed E-state index contributed by atoms with van der Waals surface area (Å²) in [7, 11) is 0. The van der Waals surface area contributed by atoms with Gasteiger partial charge in [-0.1, -0.05) is 58.0 Å². The Hall–Kier alpha value is -2.95. The summed E-state index contributed by atoms with van der Waals surface area (Å²) in [6.45, 7) is 7.13. The van der Waals surface area contributed by atoms with Crippen molar-refractivity contribution in [2.75, 3.05) is 10.6 Å². The predicted octanol–water partition coefficient (Wildman–Crippen LogP) is 4.11. The number of nitrogens with one attached hydrogen (secondary N) is 2. The number of amides is 2. The van der Waals surface area contributed by atoms with Gasteiger partial charge in [-0.3, -0.25) is 14.4 Å². The van der Waals surface area contributed by atoms with E-state index in [1.807, 2.05) is 6.07 Å². The molecule has 0 bridgehead atoms. The van der Waals surface area contributed by atoms with Gasteiger partial charge in [0.2, 0.25) is 11.8 Å². The van der Waals surface area contributed by atoms with Crippen molar-refractivity contribution in [2.45, 2.75) is 27.7 Å². The number of hydrogen-bond donors (Lipinski definition) is 2. The van der Waals surface area contributed by atoms with E-state index in [-0.39, 0.29) is 29.4 Å². The molecule has 0 saturated heterocycles. The number of hydrogen-bond acceptors (Lipinski definition) is 3. The summed E-state index contributed by atoms with van der Waals surface area (Å²) < 4.78 is 0. The topological polar surface area (TPSA) is 75.3 Å². The van der Waals surface area contributed by atoms with Crippen molar-refractivity contribution in [1.82, 2.24) is 0 Å². The summed E-state index contributed by atoms with van der Waals surface area (Å²) in [6.07, 6.45) is 0. The molecule has 5 heteroatoms. The van der Waals surface area contributed by atoms with Gasteiger partial charge in [0.15, 0.2) is 5.78 Å². The molecule has 0 heterocycles. The molecule has 0 unspecified atom stereocenters. The van der Waals surface area contributed by atoms with E-state index in [1.54, 1.807) is 70.2 Å². The standard InChI is InChI=1S/C21H24N2O3/c1-13(2)20(25)22-17-11-10-16(12-18(17)23-21(26)14(3)4)19(24)15-8-6-5-7-9-15/h5-14H,1-4H3,(H,22,25)(H,23,26). The van der Waals surface area contributed by atoms with Crippen LogP contribution in [0.15, 0.2) is 48.5 Å². The highest BCUT2D eigenvalue weighted by molar-refractivity contribution is 6.11. The van der Waals surface area contributed by atoms with Crippen molar-refractivity contribution in [3.63, 3.8) is 0 Å². The van der Waals surface area contributed by atoms with Gasteiger partial charge in [-0.15, -0.1) is 0 Å². The van der Waals surface area contributed by atoms with Crippen molar-refractivity contribution in [3.05, 3.63) is 59.7 Å². The molecule has 2 rings (SSSR count). The van der Waals surface area contributed by atoms with Gasteiger partial charge in [-0.25, -0.2) is 0 Å². The molecule has 136 valence electrons. The molecule has 0 aliphatic rings. The maximum Gasteiger partial charge on any atom is 0.226 e. The molecule has 0 aromatic heterocycles. The van der Waals surface area contributed by atoms with Gasteiger partial charge in [0.1, 0.15) is 0 Å². The van der Waals surface area contributed by atoms with Gasteiger partial charge in [-0.05, 0) is 18.2 Å². The summed E-state index contributed by atoms with van der Waals surface area (Å²) in [5, 5.41) is 5.59. The first-order valence-corrected chi connectivity index (χ1v) is 8.65. The Morgan fingerprint density at radius 2 is 1.23 bits per heavy atom. The highest BCUT2D eigenvalue weighted by atomic mass is 16.2. The maximum atomic E-state index is 12.7. The number of ketones is 1. The van der Waals surface area contributed by atoms with Crippen LogP contribution in [0.4, 0.5) is 11.4 Å². The van der Waals surface area contributed by atoms with Crippen LogP contribution >= 0.6 is 0 Å². The maximum absolute atomic E-state index is 12.7. The van der Waals surface area contributed by atoms with Crippen LogP contribution in [0.2, 0.25) is 0 Å². The van der Waals surface area contributed by atoms with Crippen molar-refractivity contribution < 1.29 is 14.4 Å². The molecule has 0 saturated carbocycles. The van der Waals surface area contributed by atoms with Gasteiger partial charge in [0.05, 0.1) is 11.4 Å². The van der Waals surface area contributed by atoms with E-state index in [0.717, 1.165) is 0 Å². The average molecular weight is 352 g/mol. The number of benzene rings is 2. The highest BCUT2D eigenvalue weighted by Crippen LogP contribution is 2.26. The molecule has 2 amide bonds. The molecular weight excluding hydrogens is 328 g/mol. The van der Waals surface area contributed by atoms with Crippen LogP contribution < -0.4 is 10.6 Å². The van der Waals surface area contributed by atoms with Crippen LogP contribution in [-0.2, 0) is 9.59 Å². The van der Waals surface area contributed by atoms with E-state index < -0.39 is 0 Å². The molecule has 5 nitrogen and oxygen atoms in total. The van der Waals surface area contributed by atoms with Crippen molar-refractivity contribution in [2.24, 2.45) is 11.8 Å². The van der Waals surface area contributed by atoms with E-state index in [4.69, 9.17) is 0 Å². The van der Waals surface area contributed by atoms with Crippen LogP contribution in [0.3, 0.4) is 0 Å². The molecule has 0 fully saturated rings. The van der Waals surface area contributed by atoms with Gasteiger partial charge >= 0.3 is 0 Å². The lowest BCUT2D eigenvalue weighted by Crippen LogP contribution is -2.22. The van der Waals surface area contributed by atoms with E-state index in [2.05, 4.69) is 10.6 Å². The molecule has 0 spiro atoms. The second kappa shape index (κ2) is 8.43. The molecule has 26 heavy (non-hydrogen) atoms. The van der Waals surface area contributed by atoms with Gasteiger partial charge in [0.25, 0.3) is 0 Å². The quantitative estimate of drug-likeness (QED) is 0.768. The Balaban J connectivity index is 2.39. The minimum Gasteiger partial charge on any atom is -0.324 e. The number of carbonyl (C=O) groups excluding carboxylic acids is 3. The first-order valence-electron chi connectivity index (χ1n) is 8.65. The summed E-state index contributed by atoms with van der Waals surface area (Å²) in [5.74, 6) is -0.916. The Kier molecular flexibility index (Phi) is 6.28. The zero-order valence-electron chi connectivity index (χ0n) is 15.5. The largest absolute Gasteiger partial charge is 0.324 e. The highest BCUT2D eigenvalue weighted by Gasteiger charge is 2.17. The lowest BCUT2D eigenvalue weighted by atomic mass is 10.0. The predicted molar refractivity (Wildman–Crippen MR) is 103 cm³/mol. The van der Waals surface area contributed by atoms with Crippen LogP contribution in [0, 0.1) is 11.8 Å². The fourth-order valence-electron chi connectivity index (χ4n) is 2.21. The summed E-state index contributed by atoms with van der Waals surface area (Å²) in [4.78, 5) is 36.8. The smallest absolute Gasteiger partial charge is 0.226 e. The van der Waals surface area contributed by atoms with Crippen LogP contribution in [0.5, 0.6) is 0 Å². The zero-order chi connectivity index (χ0) is 19.3. The van der Waals surface area contributed by atoms with Gasteiger partial charge in [-0.2, -0.15) is 0 Å². The molecule has 0 radical (unpaired) electrons. The Morgan fingerprint density at radius 3 is 1.77 bits per heavy atom. The molecular formula is C21H24N2O3. The number of rotatable bonds is 6. The normalized spacial score (nSPS) is 10.7. The summed E-state index contributed by atoms with van der Waals surface area (Å²) in [5.41, 5.74) is 1.90. The van der Waals surface area contributed by atoms with E-state index in [0.29, 0.717) is 22.5 Å². The lowest BCUT2D eigenvalue weighted by Gasteiger charge is -2.16. The van der Waals surface area contributed by atoms with Crippen molar-refractivity contribution in [1.29, 1.82) is 0 Å². The summed E-state index contributed by atoms with van der Waals surface area (Å²) >= 11 is 0. The average Bonchev–Trinajstić information content (AvgIpc) is 2.62.